The number of nitrogens with one attached hydrogen (secondary N) is 1. The highest BCUT2D eigenvalue weighted by Crippen LogP contribution is 2.17. The summed E-state index contributed by atoms with van der Waals surface area (Å²) >= 11 is 3.38. The molecule has 0 radical (unpaired) electrons. The molecule has 2 nitrogen and oxygen atoms in total. The van der Waals surface area contributed by atoms with Crippen molar-refractivity contribution in [3.63, 3.8) is 0 Å². The summed E-state index contributed by atoms with van der Waals surface area (Å²) in [7, 11) is 2.05. The van der Waals surface area contributed by atoms with Gasteiger partial charge < -0.3 is 10.2 Å². The molecule has 1 saturated heterocycles. The van der Waals surface area contributed by atoms with E-state index in [1.165, 1.54) is 18.9 Å². The van der Waals surface area contributed by atoms with E-state index in [9.17, 15) is 4.39 Å². The Bertz CT molecular complexity index is 391. The van der Waals surface area contributed by atoms with Gasteiger partial charge in [0.15, 0.2) is 0 Å². The highest BCUT2D eigenvalue weighted by atomic mass is 79.9. The average Bonchev–Trinajstić information content (AvgIpc) is 2.84. The van der Waals surface area contributed by atoms with E-state index >= 15 is 0 Å². The summed E-state index contributed by atoms with van der Waals surface area (Å²) in [6, 6.07) is 5.77. The third-order valence-electron chi connectivity index (χ3n) is 3.47. The average molecular weight is 315 g/mol. The maximum absolute atomic E-state index is 13.6. The van der Waals surface area contributed by atoms with Crippen molar-refractivity contribution < 1.29 is 4.39 Å². The first-order chi connectivity index (χ1) is 8.65. The maximum Gasteiger partial charge on any atom is 0.127 e. The topological polar surface area (TPSA) is 15.3 Å². The van der Waals surface area contributed by atoms with Gasteiger partial charge in [0.2, 0.25) is 0 Å². The van der Waals surface area contributed by atoms with Gasteiger partial charge in [0, 0.05) is 22.6 Å². The minimum atomic E-state index is -0.121. The maximum atomic E-state index is 13.6. The lowest BCUT2D eigenvalue weighted by Crippen LogP contribution is -2.28. The van der Waals surface area contributed by atoms with Crippen molar-refractivity contribution in [2.24, 2.45) is 0 Å². The smallest absolute Gasteiger partial charge is 0.127 e. The first-order valence-electron chi connectivity index (χ1n) is 6.51. The molecular formula is C14H20BrFN2. The Morgan fingerprint density at radius 3 is 3.06 bits per heavy atom. The van der Waals surface area contributed by atoms with Crippen molar-refractivity contribution in [2.75, 3.05) is 20.1 Å². The SMILES string of the molecule is CN(CCC1CCCN1)Cc1cc(Br)ccc1F. The zero-order valence-corrected chi connectivity index (χ0v) is 12.3. The second-order valence-electron chi connectivity index (χ2n) is 5.06. The summed E-state index contributed by atoms with van der Waals surface area (Å²) in [5.74, 6) is -0.121. The van der Waals surface area contributed by atoms with Gasteiger partial charge in [-0.2, -0.15) is 0 Å². The molecule has 100 valence electrons. The van der Waals surface area contributed by atoms with Crippen LogP contribution in [0.15, 0.2) is 22.7 Å². The molecule has 1 N–H and O–H groups in total. The van der Waals surface area contributed by atoms with Gasteiger partial charge in [0.1, 0.15) is 5.82 Å². The Kier molecular flexibility index (Phi) is 5.15. The second kappa shape index (κ2) is 6.64. The third kappa shape index (κ3) is 4.04. The molecule has 4 heteroatoms. The van der Waals surface area contributed by atoms with Crippen LogP contribution in [0.1, 0.15) is 24.8 Å². The summed E-state index contributed by atoms with van der Waals surface area (Å²) in [6.07, 6.45) is 3.71. The number of rotatable bonds is 5. The van der Waals surface area contributed by atoms with Gasteiger partial charge in [-0.15, -0.1) is 0 Å². The van der Waals surface area contributed by atoms with Crippen molar-refractivity contribution in [2.45, 2.75) is 31.8 Å². The van der Waals surface area contributed by atoms with Crippen molar-refractivity contribution >= 4 is 15.9 Å². The summed E-state index contributed by atoms with van der Waals surface area (Å²) < 4.78 is 14.5. The van der Waals surface area contributed by atoms with Crippen LogP contribution >= 0.6 is 15.9 Å². The predicted molar refractivity (Wildman–Crippen MR) is 76.1 cm³/mol. The lowest BCUT2D eigenvalue weighted by molar-refractivity contribution is 0.301. The van der Waals surface area contributed by atoms with Crippen LogP contribution in [0.25, 0.3) is 0 Å². The highest BCUT2D eigenvalue weighted by Gasteiger charge is 2.14. The number of nitrogens with zero attached hydrogens (tertiary/aromatic N) is 1. The molecule has 0 saturated carbocycles. The minimum absolute atomic E-state index is 0.121. The van der Waals surface area contributed by atoms with Gasteiger partial charge in [0.05, 0.1) is 0 Å². The standard InChI is InChI=1S/C14H20BrFN2/c1-18(8-6-13-3-2-7-17-13)10-11-9-12(15)4-5-14(11)16/h4-5,9,13,17H,2-3,6-8,10H2,1H3. The molecule has 0 aromatic heterocycles. The fourth-order valence-electron chi connectivity index (χ4n) is 2.41. The lowest BCUT2D eigenvalue weighted by atomic mass is 10.1. The van der Waals surface area contributed by atoms with Crippen LogP contribution in [-0.2, 0) is 6.54 Å². The summed E-state index contributed by atoms with van der Waals surface area (Å²) in [6.45, 7) is 2.82. The quantitative estimate of drug-likeness (QED) is 0.898. The number of hydrogen-bond acceptors (Lipinski definition) is 2. The second-order valence-corrected chi connectivity index (χ2v) is 5.97. The molecule has 1 heterocycles. The molecule has 1 atom stereocenters. The Morgan fingerprint density at radius 2 is 2.33 bits per heavy atom. The fraction of sp³-hybridized carbons (Fsp3) is 0.571. The zero-order chi connectivity index (χ0) is 13.0. The zero-order valence-electron chi connectivity index (χ0n) is 10.8. The number of halogens is 2. The molecule has 1 aliphatic heterocycles. The van der Waals surface area contributed by atoms with Crippen LogP contribution < -0.4 is 5.32 Å². The molecule has 2 rings (SSSR count). The van der Waals surface area contributed by atoms with E-state index < -0.39 is 0 Å². The summed E-state index contributed by atoms with van der Waals surface area (Å²) in [5, 5.41) is 3.49. The van der Waals surface area contributed by atoms with Crippen LogP contribution in [0.3, 0.4) is 0 Å². The van der Waals surface area contributed by atoms with Crippen LogP contribution in [-0.4, -0.2) is 31.1 Å². The van der Waals surface area contributed by atoms with Gasteiger partial charge >= 0.3 is 0 Å². The van der Waals surface area contributed by atoms with Gasteiger partial charge in [0.25, 0.3) is 0 Å². The van der Waals surface area contributed by atoms with Crippen molar-refractivity contribution in [1.82, 2.24) is 10.2 Å². The minimum Gasteiger partial charge on any atom is -0.314 e. The Balaban J connectivity index is 1.82. The Hall–Kier alpha value is -0.450. The van der Waals surface area contributed by atoms with Crippen LogP contribution in [0.5, 0.6) is 0 Å². The van der Waals surface area contributed by atoms with Gasteiger partial charge in [-0.3, -0.25) is 0 Å². The monoisotopic (exact) mass is 314 g/mol. The molecule has 1 aliphatic rings. The number of benzene rings is 1. The van der Waals surface area contributed by atoms with E-state index in [0.717, 1.165) is 29.5 Å². The molecule has 0 amide bonds. The van der Waals surface area contributed by atoms with E-state index in [0.29, 0.717) is 12.6 Å². The molecule has 1 fully saturated rings. The normalized spacial score (nSPS) is 19.7. The fourth-order valence-corrected chi connectivity index (χ4v) is 2.82. The molecule has 1 aromatic rings. The van der Waals surface area contributed by atoms with Crippen molar-refractivity contribution in [3.8, 4) is 0 Å². The largest absolute Gasteiger partial charge is 0.314 e. The van der Waals surface area contributed by atoms with E-state index in [4.69, 9.17) is 0 Å². The van der Waals surface area contributed by atoms with Gasteiger partial charge in [-0.1, -0.05) is 15.9 Å². The molecular weight excluding hydrogens is 295 g/mol. The molecule has 1 unspecified atom stereocenters. The van der Waals surface area contributed by atoms with E-state index in [1.54, 1.807) is 6.07 Å². The summed E-state index contributed by atoms with van der Waals surface area (Å²) in [5.41, 5.74) is 0.756. The summed E-state index contributed by atoms with van der Waals surface area (Å²) in [4.78, 5) is 2.19. The third-order valence-corrected chi connectivity index (χ3v) is 3.96. The first-order valence-corrected chi connectivity index (χ1v) is 7.30. The van der Waals surface area contributed by atoms with Crippen molar-refractivity contribution in [3.05, 3.63) is 34.1 Å². The van der Waals surface area contributed by atoms with Gasteiger partial charge in [-0.05, 0) is 57.6 Å². The van der Waals surface area contributed by atoms with E-state index in [2.05, 4.69) is 33.2 Å². The van der Waals surface area contributed by atoms with Crippen LogP contribution in [0.4, 0.5) is 4.39 Å². The predicted octanol–water partition coefficient (Wildman–Crippen LogP) is 3.16. The molecule has 18 heavy (non-hydrogen) atoms. The van der Waals surface area contributed by atoms with Gasteiger partial charge in [-0.25, -0.2) is 4.39 Å². The molecule has 0 spiro atoms. The molecule has 1 aromatic carbocycles. The molecule has 0 aliphatic carbocycles. The molecule has 0 bridgehead atoms. The van der Waals surface area contributed by atoms with Crippen LogP contribution in [0.2, 0.25) is 0 Å². The Morgan fingerprint density at radius 1 is 1.50 bits per heavy atom. The highest BCUT2D eigenvalue weighted by molar-refractivity contribution is 9.10. The lowest BCUT2D eigenvalue weighted by Gasteiger charge is -2.19. The Labute approximate surface area is 117 Å². The van der Waals surface area contributed by atoms with Crippen molar-refractivity contribution in [1.29, 1.82) is 0 Å². The van der Waals surface area contributed by atoms with Crippen LogP contribution in [0, 0.1) is 5.82 Å². The number of hydrogen-bond donors (Lipinski definition) is 1. The first kappa shape index (κ1) is 14.0. The van der Waals surface area contributed by atoms with E-state index in [-0.39, 0.29) is 5.82 Å². The van der Waals surface area contributed by atoms with E-state index in [1.807, 2.05) is 6.07 Å².